The van der Waals surface area contributed by atoms with E-state index in [1.54, 1.807) is 32.4 Å². The van der Waals surface area contributed by atoms with Crippen LogP contribution in [0.15, 0.2) is 60.7 Å². The Morgan fingerprint density at radius 2 is 1.59 bits per heavy atom. The molecule has 0 aliphatic carbocycles. The third kappa shape index (κ3) is 5.08. The summed E-state index contributed by atoms with van der Waals surface area (Å²) in [6.45, 7) is 4.27. The fourth-order valence-corrected chi connectivity index (χ4v) is 3.01. The predicted molar refractivity (Wildman–Crippen MR) is 114 cm³/mol. The van der Waals surface area contributed by atoms with Gasteiger partial charge < -0.3 is 19.5 Å². The number of aryl methyl sites for hydroxylation is 2. The molecule has 0 bridgehead atoms. The normalized spacial score (nSPS) is 10.3. The first-order chi connectivity index (χ1) is 14.0. The number of amides is 1. The molecule has 3 aromatic rings. The summed E-state index contributed by atoms with van der Waals surface area (Å²) in [4.78, 5) is 12.8. The predicted octanol–water partition coefficient (Wildman–Crippen LogP) is 5.15. The van der Waals surface area contributed by atoms with Crippen molar-refractivity contribution in [3.8, 4) is 17.2 Å². The quantitative estimate of drug-likeness (QED) is 0.605. The van der Waals surface area contributed by atoms with Gasteiger partial charge in [-0.3, -0.25) is 4.79 Å². The van der Waals surface area contributed by atoms with E-state index in [1.165, 1.54) is 0 Å². The van der Waals surface area contributed by atoms with E-state index in [9.17, 15) is 4.79 Å². The number of benzene rings is 3. The highest BCUT2D eigenvalue weighted by Crippen LogP contribution is 2.27. The number of carbonyl (C=O) groups is 1. The van der Waals surface area contributed by atoms with Crippen LogP contribution in [0, 0.1) is 13.8 Å². The van der Waals surface area contributed by atoms with E-state index >= 15 is 0 Å². The van der Waals surface area contributed by atoms with E-state index < -0.39 is 0 Å². The van der Waals surface area contributed by atoms with Crippen molar-refractivity contribution >= 4 is 11.6 Å². The fourth-order valence-electron chi connectivity index (χ4n) is 3.01. The third-order valence-electron chi connectivity index (χ3n) is 4.53. The fraction of sp³-hybridized carbons (Fsp3) is 0.208. The molecule has 3 rings (SSSR count). The highest BCUT2D eigenvalue weighted by atomic mass is 16.5. The van der Waals surface area contributed by atoms with Crippen molar-refractivity contribution in [2.75, 3.05) is 19.5 Å². The van der Waals surface area contributed by atoms with Crippen molar-refractivity contribution in [3.05, 3.63) is 82.9 Å². The van der Waals surface area contributed by atoms with Crippen LogP contribution >= 0.6 is 0 Å². The molecule has 0 unspecified atom stereocenters. The van der Waals surface area contributed by atoms with Gasteiger partial charge in [0.05, 0.1) is 19.9 Å². The van der Waals surface area contributed by atoms with E-state index in [-0.39, 0.29) is 5.91 Å². The van der Waals surface area contributed by atoms with Crippen LogP contribution in [0.1, 0.15) is 27.0 Å². The molecule has 0 fully saturated rings. The maximum atomic E-state index is 12.8. The number of nitrogens with one attached hydrogen (secondary N) is 1. The van der Waals surface area contributed by atoms with Gasteiger partial charge in [-0.1, -0.05) is 18.2 Å². The SMILES string of the molecule is COc1ccc(C(=O)Nc2cc(C)ccc2OC)cc1COc1cccc(C)c1. The van der Waals surface area contributed by atoms with Gasteiger partial charge in [-0.15, -0.1) is 0 Å². The molecule has 0 saturated carbocycles. The van der Waals surface area contributed by atoms with E-state index in [0.717, 1.165) is 22.4 Å². The highest BCUT2D eigenvalue weighted by molar-refractivity contribution is 6.05. The summed E-state index contributed by atoms with van der Waals surface area (Å²) >= 11 is 0. The molecule has 5 heteroatoms. The van der Waals surface area contributed by atoms with Gasteiger partial charge in [0.1, 0.15) is 23.9 Å². The minimum Gasteiger partial charge on any atom is -0.496 e. The van der Waals surface area contributed by atoms with Crippen LogP contribution in [0.4, 0.5) is 5.69 Å². The minimum absolute atomic E-state index is 0.228. The highest BCUT2D eigenvalue weighted by Gasteiger charge is 2.13. The van der Waals surface area contributed by atoms with E-state index in [1.807, 2.05) is 56.3 Å². The van der Waals surface area contributed by atoms with Crippen LogP contribution in [-0.4, -0.2) is 20.1 Å². The van der Waals surface area contributed by atoms with Crippen molar-refractivity contribution in [1.29, 1.82) is 0 Å². The zero-order valence-corrected chi connectivity index (χ0v) is 17.1. The topological polar surface area (TPSA) is 56.8 Å². The van der Waals surface area contributed by atoms with Gasteiger partial charge in [0.15, 0.2) is 0 Å². The van der Waals surface area contributed by atoms with E-state index in [4.69, 9.17) is 14.2 Å². The van der Waals surface area contributed by atoms with Crippen molar-refractivity contribution in [2.24, 2.45) is 0 Å². The molecule has 5 nitrogen and oxygen atoms in total. The molecule has 0 aliphatic heterocycles. The Bertz CT molecular complexity index is 1010. The molecule has 3 aromatic carbocycles. The molecule has 0 aliphatic rings. The van der Waals surface area contributed by atoms with Crippen LogP contribution in [-0.2, 0) is 6.61 Å². The first-order valence-electron chi connectivity index (χ1n) is 9.32. The average Bonchev–Trinajstić information content (AvgIpc) is 2.72. The molecule has 150 valence electrons. The lowest BCUT2D eigenvalue weighted by atomic mass is 10.1. The molecule has 0 spiro atoms. The van der Waals surface area contributed by atoms with Crippen LogP contribution in [0.3, 0.4) is 0 Å². The summed E-state index contributed by atoms with van der Waals surface area (Å²) in [6.07, 6.45) is 0. The number of hydrogen-bond acceptors (Lipinski definition) is 4. The Morgan fingerprint density at radius 1 is 0.862 bits per heavy atom. The monoisotopic (exact) mass is 391 g/mol. The molecule has 1 amide bonds. The smallest absolute Gasteiger partial charge is 0.255 e. The summed E-state index contributed by atoms with van der Waals surface area (Å²) < 4.78 is 16.7. The third-order valence-corrected chi connectivity index (χ3v) is 4.53. The lowest BCUT2D eigenvalue weighted by Gasteiger charge is -2.14. The van der Waals surface area contributed by atoms with Crippen molar-refractivity contribution < 1.29 is 19.0 Å². The number of ether oxygens (including phenoxy) is 3. The van der Waals surface area contributed by atoms with Gasteiger partial charge in [0.25, 0.3) is 5.91 Å². The zero-order valence-electron chi connectivity index (χ0n) is 17.1. The zero-order chi connectivity index (χ0) is 20.8. The van der Waals surface area contributed by atoms with Gasteiger partial charge in [-0.25, -0.2) is 0 Å². The van der Waals surface area contributed by atoms with Crippen LogP contribution < -0.4 is 19.5 Å². The lowest BCUT2D eigenvalue weighted by molar-refractivity contribution is 0.102. The summed E-state index contributed by atoms with van der Waals surface area (Å²) in [5.74, 6) is 1.82. The summed E-state index contributed by atoms with van der Waals surface area (Å²) in [7, 11) is 3.18. The van der Waals surface area contributed by atoms with Crippen molar-refractivity contribution in [1.82, 2.24) is 0 Å². The molecule has 0 heterocycles. The number of rotatable bonds is 7. The first kappa shape index (κ1) is 20.3. The molecule has 1 N–H and O–H groups in total. The molecule has 0 aromatic heterocycles. The maximum Gasteiger partial charge on any atom is 0.255 e. The Kier molecular flexibility index (Phi) is 6.39. The molecular weight excluding hydrogens is 366 g/mol. The van der Waals surface area contributed by atoms with E-state index in [2.05, 4.69) is 5.32 Å². The Hall–Kier alpha value is -3.47. The summed E-state index contributed by atoms with van der Waals surface area (Å²) in [6, 6.07) is 18.8. The summed E-state index contributed by atoms with van der Waals surface area (Å²) in [5.41, 5.74) is 4.08. The summed E-state index contributed by atoms with van der Waals surface area (Å²) in [5, 5.41) is 2.92. The van der Waals surface area contributed by atoms with Gasteiger partial charge in [0.2, 0.25) is 0 Å². The first-order valence-corrected chi connectivity index (χ1v) is 9.32. The standard InChI is InChI=1S/C24H25NO4/c1-16-6-5-7-20(12-16)29-15-19-14-18(9-11-22(19)27-3)24(26)25-21-13-17(2)8-10-23(21)28-4/h5-14H,15H2,1-4H3,(H,25,26). The number of anilines is 1. The Morgan fingerprint density at radius 3 is 2.31 bits per heavy atom. The van der Waals surface area contributed by atoms with Crippen LogP contribution in [0.25, 0.3) is 0 Å². The average molecular weight is 391 g/mol. The van der Waals surface area contributed by atoms with Crippen LogP contribution in [0.5, 0.6) is 17.2 Å². The van der Waals surface area contributed by atoms with Crippen molar-refractivity contribution in [2.45, 2.75) is 20.5 Å². The minimum atomic E-state index is -0.228. The molecular formula is C24H25NO4. The second kappa shape index (κ2) is 9.15. The number of carbonyl (C=O) groups excluding carboxylic acids is 1. The van der Waals surface area contributed by atoms with Gasteiger partial charge in [-0.05, 0) is 67.4 Å². The van der Waals surface area contributed by atoms with Gasteiger partial charge >= 0.3 is 0 Å². The number of methoxy groups -OCH3 is 2. The Labute approximate surface area is 171 Å². The molecule has 0 saturated heterocycles. The largest absolute Gasteiger partial charge is 0.496 e. The maximum absolute atomic E-state index is 12.8. The molecule has 0 radical (unpaired) electrons. The van der Waals surface area contributed by atoms with Gasteiger partial charge in [-0.2, -0.15) is 0 Å². The van der Waals surface area contributed by atoms with Gasteiger partial charge in [0, 0.05) is 11.1 Å². The van der Waals surface area contributed by atoms with Crippen molar-refractivity contribution in [3.63, 3.8) is 0 Å². The second-order valence-electron chi connectivity index (χ2n) is 6.79. The van der Waals surface area contributed by atoms with Crippen LogP contribution in [0.2, 0.25) is 0 Å². The second-order valence-corrected chi connectivity index (χ2v) is 6.79. The Balaban J connectivity index is 1.80. The number of hydrogen-bond donors (Lipinski definition) is 1. The molecule has 29 heavy (non-hydrogen) atoms. The van der Waals surface area contributed by atoms with E-state index in [0.29, 0.717) is 29.4 Å². The lowest BCUT2D eigenvalue weighted by Crippen LogP contribution is -2.13. The molecule has 0 atom stereocenters.